The van der Waals surface area contributed by atoms with Gasteiger partial charge in [-0.1, -0.05) is 18.0 Å². The minimum atomic E-state index is 0.189. The fraction of sp³-hybridized carbons (Fsp3) is 0.917. The third-order valence-corrected chi connectivity index (χ3v) is 3.88. The average Bonchev–Trinajstić information content (AvgIpc) is 2.83. The number of rotatable bonds is 6. The smallest absolute Gasteiger partial charge is 0.139 e. The summed E-state index contributed by atoms with van der Waals surface area (Å²) >= 11 is 0. The standard InChI is InChI=1S/C12H22N2O2/c13-11(14-15)7-12(5-6-12)9-16-8-10-3-1-2-4-10/h10,15H,1-9H2,(H2,13,14). The van der Waals surface area contributed by atoms with Gasteiger partial charge in [-0.3, -0.25) is 0 Å². The molecule has 2 aliphatic carbocycles. The van der Waals surface area contributed by atoms with Gasteiger partial charge in [-0.05, 0) is 31.6 Å². The van der Waals surface area contributed by atoms with Crippen LogP contribution in [-0.2, 0) is 4.74 Å². The molecule has 0 spiro atoms. The van der Waals surface area contributed by atoms with Crippen molar-refractivity contribution in [3.8, 4) is 0 Å². The molecule has 4 nitrogen and oxygen atoms in total. The number of nitrogens with zero attached hydrogens (tertiary/aromatic N) is 1. The molecule has 0 aromatic heterocycles. The molecule has 2 rings (SSSR count). The first-order valence-electron chi connectivity index (χ1n) is 6.28. The lowest BCUT2D eigenvalue weighted by Crippen LogP contribution is -2.22. The summed E-state index contributed by atoms with van der Waals surface area (Å²) in [5, 5.41) is 11.6. The van der Waals surface area contributed by atoms with Gasteiger partial charge in [0.1, 0.15) is 5.84 Å². The second-order valence-corrected chi connectivity index (χ2v) is 5.43. The van der Waals surface area contributed by atoms with E-state index in [0.717, 1.165) is 32.0 Å². The number of oxime groups is 1. The summed E-state index contributed by atoms with van der Waals surface area (Å²) in [7, 11) is 0. The van der Waals surface area contributed by atoms with Crippen LogP contribution in [0.3, 0.4) is 0 Å². The van der Waals surface area contributed by atoms with Crippen LogP contribution in [0.25, 0.3) is 0 Å². The van der Waals surface area contributed by atoms with E-state index in [4.69, 9.17) is 15.7 Å². The lowest BCUT2D eigenvalue weighted by molar-refractivity contribution is 0.0665. The van der Waals surface area contributed by atoms with Gasteiger partial charge in [0.05, 0.1) is 6.61 Å². The Labute approximate surface area is 96.8 Å². The minimum Gasteiger partial charge on any atom is -0.409 e. The quantitative estimate of drug-likeness (QED) is 0.315. The predicted octanol–water partition coefficient (Wildman–Crippen LogP) is 2.11. The summed E-state index contributed by atoms with van der Waals surface area (Å²) in [4.78, 5) is 0. The van der Waals surface area contributed by atoms with E-state index in [-0.39, 0.29) is 5.41 Å². The predicted molar refractivity (Wildman–Crippen MR) is 62.5 cm³/mol. The van der Waals surface area contributed by atoms with Gasteiger partial charge >= 0.3 is 0 Å². The van der Waals surface area contributed by atoms with Crippen LogP contribution in [0.15, 0.2) is 5.16 Å². The highest BCUT2D eigenvalue weighted by atomic mass is 16.5. The lowest BCUT2D eigenvalue weighted by Gasteiger charge is -2.16. The number of ether oxygens (including phenoxy) is 1. The maximum absolute atomic E-state index is 8.55. The average molecular weight is 226 g/mol. The summed E-state index contributed by atoms with van der Waals surface area (Å²) in [5.74, 6) is 1.11. The van der Waals surface area contributed by atoms with Gasteiger partial charge in [0, 0.05) is 18.4 Å². The van der Waals surface area contributed by atoms with E-state index < -0.39 is 0 Å². The Morgan fingerprint density at radius 1 is 1.38 bits per heavy atom. The zero-order valence-electron chi connectivity index (χ0n) is 9.82. The molecule has 2 saturated carbocycles. The third-order valence-electron chi connectivity index (χ3n) is 3.88. The van der Waals surface area contributed by atoms with Crippen LogP contribution < -0.4 is 5.73 Å². The molecule has 0 saturated heterocycles. The lowest BCUT2D eigenvalue weighted by atomic mass is 10.0. The number of amidine groups is 1. The van der Waals surface area contributed by atoms with Gasteiger partial charge in [-0.15, -0.1) is 0 Å². The molecule has 0 atom stereocenters. The fourth-order valence-electron chi connectivity index (χ4n) is 2.59. The van der Waals surface area contributed by atoms with Gasteiger partial charge in [-0.2, -0.15) is 0 Å². The monoisotopic (exact) mass is 226 g/mol. The van der Waals surface area contributed by atoms with Crippen molar-refractivity contribution in [1.29, 1.82) is 0 Å². The SMILES string of the molecule is NC(CC1(COCC2CCCC2)CC1)=NO. The first-order chi connectivity index (χ1) is 7.74. The van der Waals surface area contributed by atoms with Crippen LogP contribution in [0.2, 0.25) is 0 Å². The molecule has 4 heteroatoms. The Balaban J connectivity index is 1.65. The van der Waals surface area contributed by atoms with Crippen LogP contribution >= 0.6 is 0 Å². The first-order valence-corrected chi connectivity index (χ1v) is 6.28. The Bertz CT molecular complexity index is 256. The number of nitrogens with two attached hydrogens (primary N) is 1. The van der Waals surface area contributed by atoms with Gasteiger partial charge < -0.3 is 15.7 Å². The Morgan fingerprint density at radius 2 is 2.06 bits per heavy atom. The van der Waals surface area contributed by atoms with E-state index in [2.05, 4.69) is 5.16 Å². The van der Waals surface area contributed by atoms with Crippen LogP contribution in [0.4, 0.5) is 0 Å². The Hall–Kier alpha value is -0.770. The molecule has 0 amide bonds. The van der Waals surface area contributed by atoms with E-state index in [9.17, 15) is 0 Å². The van der Waals surface area contributed by atoms with Crippen molar-refractivity contribution in [2.45, 2.75) is 44.9 Å². The maximum atomic E-state index is 8.55. The van der Waals surface area contributed by atoms with Crippen molar-refractivity contribution in [2.75, 3.05) is 13.2 Å². The molecular weight excluding hydrogens is 204 g/mol. The van der Waals surface area contributed by atoms with Crippen molar-refractivity contribution in [2.24, 2.45) is 22.2 Å². The van der Waals surface area contributed by atoms with Crippen LogP contribution in [0.1, 0.15) is 44.9 Å². The summed E-state index contributed by atoms with van der Waals surface area (Å²) in [5.41, 5.74) is 5.73. The van der Waals surface area contributed by atoms with E-state index in [0.29, 0.717) is 12.3 Å². The van der Waals surface area contributed by atoms with Gasteiger partial charge in [0.2, 0.25) is 0 Å². The Kier molecular flexibility index (Phi) is 3.69. The molecular formula is C12H22N2O2. The molecule has 0 heterocycles. The summed E-state index contributed by atoms with van der Waals surface area (Å²) < 4.78 is 5.80. The molecule has 2 aliphatic rings. The third kappa shape index (κ3) is 3.11. The topological polar surface area (TPSA) is 67.8 Å². The Morgan fingerprint density at radius 3 is 2.62 bits per heavy atom. The zero-order chi connectivity index (χ0) is 11.4. The molecule has 92 valence electrons. The largest absolute Gasteiger partial charge is 0.409 e. The maximum Gasteiger partial charge on any atom is 0.139 e. The zero-order valence-corrected chi connectivity index (χ0v) is 9.82. The molecule has 0 radical (unpaired) electrons. The molecule has 0 aromatic carbocycles. The molecule has 0 aliphatic heterocycles. The van der Waals surface area contributed by atoms with E-state index in [1.54, 1.807) is 0 Å². The number of hydrogen-bond acceptors (Lipinski definition) is 3. The molecule has 2 fully saturated rings. The van der Waals surface area contributed by atoms with Gasteiger partial charge in [0.25, 0.3) is 0 Å². The minimum absolute atomic E-state index is 0.189. The van der Waals surface area contributed by atoms with E-state index in [1.165, 1.54) is 25.7 Å². The molecule has 16 heavy (non-hydrogen) atoms. The summed E-state index contributed by atoms with van der Waals surface area (Å²) in [6.07, 6.45) is 8.35. The number of hydrogen-bond donors (Lipinski definition) is 2. The highest BCUT2D eigenvalue weighted by Gasteiger charge is 2.43. The van der Waals surface area contributed by atoms with Crippen molar-refractivity contribution in [3.05, 3.63) is 0 Å². The van der Waals surface area contributed by atoms with E-state index >= 15 is 0 Å². The second kappa shape index (κ2) is 5.04. The van der Waals surface area contributed by atoms with Gasteiger partial charge in [-0.25, -0.2) is 0 Å². The van der Waals surface area contributed by atoms with Crippen LogP contribution in [-0.4, -0.2) is 24.3 Å². The first kappa shape index (κ1) is 11.7. The van der Waals surface area contributed by atoms with Crippen LogP contribution in [0.5, 0.6) is 0 Å². The highest BCUT2D eigenvalue weighted by Crippen LogP contribution is 2.49. The summed E-state index contributed by atoms with van der Waals surface area (Å²) in [6, 6.07) is 0. The highest BCUT2D eigenvalue weighted by molar-refractivity contribution is 5.80. The van der Waals surface area contributed by atoms with Crippen molar-refractivity contribution < 1.29 is 9.94 Å². The van der Waals surface area contributed by atoms with E-state index in [1.807, 2.05) is 0 Å². The second-order valence-electron chi connectivity index (χ2n) is 5.43. The van der Waals surface area contributed by atoms with Crippen LogP contribution in [0, 0.1) is 11.3 Å². The molecule has 3 N–H and O–H groups in total. The normalized spacial score (nSPS) is 24.9. The molecule has 0 bridgehead atoms. The van der Waals surface area contributed by atoms with Crippen molar-refractivity contribution >= 4 is 5.84 Å². The van der Waals surface area contributed by atoms with Crippen molar-refractivity contribution in [3.63, 3.8) is 0 Å². The fourth-order valence-corrected chi connectivity index (χ4v) is 2.59. The molecule has 0 aromatic rings. The van der Waals surface area contributed by atoms with Crippen molar-refractivity contribution in [1.82, 2.24) is 0 Å². The summed E-state index contributed by atoms with van der Waals surface area (Å²) in [6.45, 7) is 1.68. The molecule has 0 unspecified atom stereocenters. The van der Waals surface area contributed by atoms with Gasteiger partial charge in [0.15, 0.2) is 0 Å².